The first-order valence-corrected chi connectivity index (χ1v) is 10.7. The second-order valence-corrected chi connectivity index (χ2v) is 7.72. The topological polar surface area (TPSA) is 67.3 Å². The van der Waals surface area contributed by atoms with Gasteiger partial charge in [0.15, 0.2) is 0 Å². The molecule has 1 fully saturated rings. The minimum atomic E-state index is -0.140. The third-order valence-electron chi connectivity index (χ3n) is 5.98. The molecule has 2 heterocycles. The monoisotopic (exact) mass is 406 g/mol. The SMILES string of the molecule is CCC(C(=O)NC1CC(c2cc3c(OC)cccc3n2CC)NN1)c1ccccc1. The van der Waals surface area contributed by atoms with Crippen molar-refractivity contribution in [3.63, 3.8) is 0 Å². The van der Waals surface area contributed by atoms with E-state index in [1.165, 1.54) is 5.69 Å². The van der Waals surface area contributed by atoms with E-state index in [0.717, 1.165) is 41.6 Å². The Balaban J connectivity index is 1.50. The van der Waals surface area contributed by atoms with E-state index in [-0.39, 0.29) is 24.0 Å². The Morgan fingerprint density at radius 1 is 1.17 bits per heavy atom. The lowest BCUT2D eigenvalue weighted by Gasteiger charge is -2.19. The number of aryl methyl sites for hydroxylation is 1. The first kappa shape index (κ1) is 20.4. The minimum absolute atomic E-state index is 0.0568. The van der Waals surface area contributed by atoms with Gasteiger partial charge in [0.2, 0.25) is 5.91 Å². The summed E-state index contributed by atoms with van der Waals surface area (Å²) < 4.78 is 7.86. The van der Waals surface area contributed by atoms with Crippen LogP contribution in [0.4, 0.5) is 0 Å². The summed E-state index contributed by atoms with van der Waals surface area (Å²) in [5.74, 6) is 0.796. The number of fused-ring (bicyclic) bond motifs is 1. The summed E-state index contributed by atoms with van der Waals surface area (Å²) in [4.78, 5) is 12.9. The highest BCUT2D eigenvalue weighted by Gasteiger charge is 2.30. The molecule has 3 N–H and O–H groups in total. The van der Waals surface area contributed by atoms with E-state index in [4.69, 9.17) is 4.74 Å². The lowest BCUT2D eigenvalue weighted by molar-refractivity contribution is -0.123. The largest absolute Gasteiger partial charge is 0.496 e. The van der Waals surface area contributed by atoms with Gasteiger partial charge in [-0.2, -0.15) is 0 Å². The Morgan fingerprint density at radius 2 is 1.97 bits per heavy atom. The summed E-state index contributed by atoms with van der Waals surface area (Å²) in [7, 11) is 1.70. The predicted octanol–water partition coefficient (Wildman–Crippen LogP) is 3.84. The maximum Gasteiger partial charge on any atom is 0.228 e. The van der Waals surface area contributed by atoms with Gasteiger partial charge in [0.25, 0.3) is 0 Å². The molecule has 2 aromatic carbocycles. The summed E-state index contributed by atoms with van der Waals surface area (Å²) in [6, 6.07) is 18.4. The molecule has 0 radical (unpaired) electrons. The highest BCUT2D eigenvalue weighted by molar-refractivity contribution is 5.88. The van der Waals surface area contributed by atoms with E-state index in [0.29, 0.717) is 0 Å². The summed E-state index contributed by atoms with van der Waals surface area (Å²) in [6.07, 6.45) is 1.42. The van der Waals surface area contributed by atoms with Crippen molar-refractivity contribution in [1.29, 1.82) is 0 Å². The molecule has 1 saturated heterocycles. The Labute approximate surface area is 177 Å². The second-order valence-electron chi connectivity index (χ2n) is 7.72. The van der Waals surface area contributed by atoms with Gasteiger partial charge in [0.05, 0.1) is 30.8 Å². The highest BCUT2D eigenvalue weighted by Crippen LogP contribution is 2.33. The van der Waals surface area contributed by atoms with Crippen LogP contribution < -0.4 is 20.9 Å². The van der Waals surface area contributed by atoms with Crippen molar-refractivity contribution in [2.75, 3.05) is 7.11 Å². The fourth-order valence-electron chi connectivity index (χ4n) is 4.47. The highest BCUT2D eigenvalue weighted by atomic mass is 16.5. The Morgan fingerprint density at radius 3 is 2.67 bits per heavy atom. The van der Waals surface area contributed by atoms with Gasteiger partial charge in [-0.3, -0.25) is 4.79 Å². The van der Waals surface area contributed by atoms with Gasteiger partial charge in [0.1, 0.15) is 5.75 Å². The van der Waals surface area contributed by atoms with Crippen LogP contribution in [0.2, 0.25) is 0 Å². The van der Waals surface area contributed by atoms with Crippen molar-refractivity contribution in [3.8, 4) is 5.75 Å². The number of hydrogen-bond acceptors (Lipinski definition) is 4. The molecule has 6 nitrogen and oxygen atoms in total. The summed E-state index contributed by atoms with van der Waals surface area (Å²) in [6.45, 7) is 5.07. The summed E-state index contributed by atoms with van der Waals surface area (Å²) in [5.41, 5.74) is 10.0. The van der Waals surface area contributed by atoms with Crippen LogP contribution in [0.25, 0.3) is 10.9 Å². The van der Waals surface area contributed by atoms with Gasteiger partial charge in [-0.05, 0) is 37.1 Å². The lowest BCUT2D eigenvalue weighted by Crippen LogP contribution is -2.45. The number of hydrazine groups is 1. The number of nitrogens with one attached hydrogen (secondary N) is 3. The smallest absolute Gasteiger partial charge is 0.228 e. The Hall–Kier alpha value is -2.83. The Kier molecular flexibility index (Phi) is 6.06. The molecule has 1 aliphatic rings. The van der Waals surface area contributed by atoms with Crippen LogP contribution in [-0.4, -0.2) is 23.7 Å². The number of benzene rings is 2. The molecular formula is C24H30N4O2. The average Bonchev–Trinajstić information content (AvgIpc) is 3.38. The lowest BCUT2D eigenvalue weighted by atomic mass is 9.95. The number of nitrogens with zero attached hydrogens (tertiary/aromatic N) is 1. The number of methoxy groups -OCH3 is 1. The number of amides is 1. The molecule has 0 aliphatic carbocycles. The van der Waals surface area contributed by atoms with Gasteiger partial charge >= 0.3 is 0 Å². The summed E-state index contributed by atoms with van der Waals surface area (Å²) in [5, 5.41) is 4.29. The molecular weight excluding hydrogens is 376 g/mol. The van der Waals surface area contributed by atoms with E-state index in [1.807, 2.05) is 49.4 Å². The molecule has 1 aromatic heterocycles. The van der Waals surface area contributed by atoms with Gasteiger partial charge in [-0.15, -0.1) is 0 Å². The molecule has 0 bridgehead atoms. The molecule has 3 unspecified atom stereocenters. The predicted molar refractivity (Wildman–Crippen MR) is 119 cm³/mol. The number of hydrogen-bond donors (Lipinski definition) is 3. The third kappa shape index (κ3) is 3.80. The van der Waals surface area contributed by atoms with Crippen LogP contribution in [0.15, 0.2) is 54.6 Å². The maximum atomic E-state index is 12.9. The van der Waals surface area contributed by atoms with Crippen molar-refractivity contribution in [2.24, 2.45) is 0 Å². The molecule has 6 heteroatoms. The number of carbonyl (C=O) groups is 1. The average molecular weight is 407 g/mol. The van der Waals surface area contributed by atoms with E-state index in [2.05, 4.69) is 39.8 Å². The van der Waals surface area contributed by atoms with Gasteiger partial charge in [0, 0.05) is 24.0 Å². The van der Waals surface area contributed by atoms with E-state index < -0.39 is 0 Å². The van der Waals surface area contributed by atoms with Crippen molar-refractivity contribution in [1.82, 2.24) is 20.7 Å². The van der Waals surface area contributed by atoms with Crippen molar-refractivity contribution in [2.45, 2.75) is 51.4 Å². The van der Waals surface area contributed by atoms with Gasteiger partial charge in [-0.25, -0.2) is 10.9 Å². The first-order chi connectivity index (χ1) is 14.7. The van der Waals surface area contributed by atoms with Crippen LogP contribution in [0.1, 0.15) is 49.9 Å². The van der Waals surface area contributed by atoms with Crippen molar-refractivity contribution < 1.29 is 9.53 Å². The molecule has 158 valence electrons. The molecule has 0 saturated carbocycles. The van der Waals surface area contributed by atoms with Gasteiger partial charge in [-0.1, -0.05) is 43.3 Å². The van der Waals surface area contributed by atoms with E-state index >= 15 is 0 Å². The minimum Gasteiger partial charge on any atom is -0.496 e. The molecule has 0 spiro atoms. The number of ether oxygens (including phenoxy) is 1. The van der Waals surface area contributed by atoms with Crippen molar-refractivity contribution in [3.05, 3.63) is 65.9 Å². The Bertz CT molecular complexity index is 1010. The number of rotatable bonds is 7. The normalized spacial score (nSPS) is 19.7. The van der Waals surface area contributed by atoms with Crippen LogP contribution in [0.5, 0.6) is 5.75 Å². The number of carbonyl (C=O) groups excluding carboxylic acids is 1. The van der Waals surface area contributed by atoms with Gasteiger partial charge < -0.3 is 14.6 Å². The second kappa shape index (κ2) is 8.90. The first-order valence-electron chi connectivity index (χ1n) is 10.7. The molecule has 3 atom stereocenters. The van der Waals surface area contributed by atoms with E-state index in [1.54, 1.807) is 7.11 Å². The number of aromatic nitrogens is 1. The zero-order valence-corrected chi connectivity index (χ0v) is 17.8. The fourth-order valence-corrected chi connectivity index (χ4v) is 4.47. The fraction of sp³-hybridized carbons (Fsp3) is 0.375. The van der Waals surface area contributed by atoms with E-state index in [9.17, 15) is 4.79 Å². The maximum absolute atomic E-state index is 12.9. The zero-order valence-electron chi connectivity index (χ0n) is 17.8. The molecule has 30 heavy (non-hydrogen) atoms. The molecule has 1 aliphatic heterocycles. The van der Waals surface area contributed by atoms with Crippen molar-refractivity contribution >= 4 is 16.8 Å². The van der Waals surface area contributed by atoms with Crippen LogP contribution in [-0.2, 0) is 11.3 Å². The van der Waals surface area contributed by atoms with Crippen LogP contribution in [0, 0.1) is 0 Å². The summed E-state index contributed by atoms with van der Waals surface area (Å²) >= 11 is 0. The zero-order chi connectivity index (χ0) is 21.1. The molecule has 4 rings (SSSR count). The molecule has 1 amide bonds. The standard InChI is InChI=1S/C24H30N4O2/c1-4-17(16-10-7-6-8-11-16)24(29)25-23-15-19(26-27-23)21-14-18-20(28(21)5-2)12-9-13-22(18)30-3/h6-14,17,19,23,26-27H,4-5,15H2,1-3H3,(H,25,29). The van der Waals surface area contributed by atoms with Crippen LogP contribution >= 0.6 is 0 Å². The van der Waals surface area contributed by atoms with Crippen LogP contribution in [0.3, 0.4) is 0 Å². The molecule has 3 aromatic rings. The third-order valence-corrected chi connectivity index (χ3v) is 5.98. The quantitative estimate of drug-likeness (QED) is 0.558.